The van der Waals surface area contributed by atoms with Crippen molar-refractivity contribution in [1.29, 1.82) is 0 Å². The average Bonchev–Trinajstić information content (AvgIpc) is 3.41. The Kier molecular flexibility index (Phi) is 16.2. The molecule has 0 bridgehead atoms. The van der Waals surface area contributed by atoms with Crippen molar-refractivity contribution >= 4 is 5.97 Å². The molecule has 1 atom stereocenters. The van der Waals surface area contributed by atoms with Crippen LogP contribution in [0.15, 0.2) is 0 Å². The molecule has 2 rings (SSSR count). The van der Waals surface area contributed by atoms with Crippen LogP contribution in [0.2, 0.25) is 0 Å². The number of rotatable bonds is 22. The van der Waals surface area contributed by atoms with E-state index in [0.29, 0.717) is 39.0 Å². The van der Waals surface area contributed by atoms with Gasteiger partial charge in [0.2, 0.25) is 0 Å². The Morgan fingerprint density at radius 3 is 1.70 bits per heavy atom. The topological polar surface area (TPSA) is 224 Å². The second kappa shape index (κ2) is 18.1. The van der Waals surface area contributed by atoms with E-state index in [-0.39, 0.29) is 37.6 Å². The van der Waals surface area contributed by atoms with Crippen molar-refractivity contribution in [3.8, 4) is 0 Å². The summed E-state index contributed by atoms with van der Waals surface area (Å²) < 4.78 is 11.4. The maximum atomic E-state index is 13.3. The molecule has 2 fully saturated rings. The van der Waals surface area contributed by atoms with Crippen LogP contribution < -0.4 is 0 Å². The second-order valence-electron chi connectivity index (χ2n) is 13.7. The normalized spacial score (nSPS) is 19.3. The number of aliphatic hydroxyl groups is 9. The second-order valence-corrected chi connectivity index (χ2v) is 13.7. The number of unbranched alkanes of at least 4 members (excludes halogenated alkanes) is 8. The summed E-state index contributed by atoms with van der Waals surface area (Å²) in [6.45, 7) is 5.81. The lowest BCUT2D eigenvalue weighted by atomic mass is 9.77. The first-order valence-electron chi connectivity index (χ1n) is 17.2. The number of nitrogens with zero attached hydrogens (tertiary/aromatic N) is 2. The summed E-state index contributed by atoms with van der Waals surface area (Å²) in [6.07, 6.45) is 14.5. The SMILES string of the molecule is CCCCCCCC(CCCCCCC)C(=O)OCC(COC)N1CCC2(CC1)CCN(C(O)(O)C(O)(O)C(O)(O)C(O)(O)O)C2. The molecular weight excluding hydrogens is 604 g/mol. The minimum absolute atomic E-state index is 0.0931. The third kappa shape index (κ3) is 10.5. The van der Waals surface area contributed by atoms with Crippen LogP contribution in [0.25, 0.3) is 0 Å². The standard InChI is InChI=1S/C32H62N2O12/c1-4-6-8-10-12-14-25(15-13-11-9-7-5-2)27(35)46-23-26(22-45-3)33-19-16-28(17-20-33)18-21-34(24-28)31(40,41)29(36,37)30(38,39)32(42,43)44/h25-26,36-44H,4-24H2,1-3H3. The van der Waals surface area contributed by atoms with Crippen molar-refractivity contribution in [2.45, 2.75) is 140 Å². The van der Waals surface area contributed by atoms with Crippen molar-refractivity contribution < 1.29 is 60.2 Å². The summed E-state index contributed by atoms with van der Waals surface area (Å²) in [5.41, 5.74) is -0.499. The van der Waals surface area contributed by atoms with E-state index in [1.54, 1.807) is 7.11 Å². The predicted molar refractivity (Wildman–Crippen MR) is 167 cm³/mol. The first-order chi connectivity index (χ1) is 21.5. The molecular formula is C32H62N2O12. The summed E-state index contributed by atoms with van der Waals surface area (Å²) in [5.74, 6) is -17.5. The minimum atomic E-state index is -4.55. The van der Waals surface area contributed by atoms with Gasteiger partial charge in [-0.1, -0.05) is 78.1 Å². The van der Waals surface area contributed by atoms with Crippen LogP contribution >= 0.6 is 0 Å². The zero-order valence-corrected chi connectivity index (χ0v) is 28.1. The summed E-state index contributed by atoms with van der Waals surface area (Å²) in [7, 11) is 1.59. The van der Waals surface area contributed by atoms with Crippen molar-refractivity contribution in [2.24, 2.45) is 11.3 Å². The average molecular weight is 667 g/mol. The number of carbonyl (C=O) groups is 1. The van der Waals surface area contributed by atoms with Gasteiger partial charge in [0.15, 0.2) is 0 Å². The van der Waals surface area contributed by atoms with Crippen LogP contribution in [-0.2, 0) is 14.3 Å². The molecule has 0 aromatic rings. The number of likely N-dealkylation sites (tertiary alicyclic amines) is 2. The number of hydrogen-bond acceptors (Lipinski definition) is 14. The quantitative estimate of drug-likeness (QED) is 0.0431. The van der Waals surface area contributed by atoms with E-state index < -0.39 is 28.9 Å². The zero-order valence-electron chi connectivity index (χ0n) is 28.1. The summed E-state index contributed by atoms with van der Waals surface area (Å²) in [5, 5.41) is 88.7. The van der Waals surface area contributed by atoms with Gasteiger partial charge in [0.25, 0.3) is 11.7 Å². The van der Waals surface area contributed by atoms with Crippen LogP contribution in [0, 0.1) is 11.3 Å². The molecule has 0 saturated carbocycles. The minimum Gasteiger partial charge on any atom is -0.464 e. The molecule has 14 nitrogen and oxygen atoms in total. The Hall–Kier alpha value is -1.01. The van der Waals surface area contributed by atoms with E-state index in [4.69, 9.17) is 9.47 Å². The van der Waals surface area contributed by atoms with E-state index in [1.807, 2.05) is 0 Å². The van der Waals surface area contributed by atoms with Crippen molar-refractivity contribution in [1.82, 2.24) is 9.80 Å². The molecule has 2 saturated heterocycles. The Labute approximate surface area is 273 Å². The van der Waals surface area contributed by atoms with Gasteiger partial charge >= 0.3 is 17.7 Å². The summed E-state index contributed by atoms with van der Waals surface area (Å²) >= 11 is 0. The highest BCUT2D eigenvalue weighted by atomic mass is 16.8. The van der Waals surface area contributed by atoms with Gasteiger partial charge in [-0.15, -0.1) is 0 Å². The molecule has 0 aliphatic carbocycles. The van der Waals surface area contributed by atoms with Crippen LogP contribution in [-0.4, -0.2) is 138 Å². The van der Waals surface area contributed by atoms with E-state index >= 15 is 0 Å². The molecule has 2 aliphatic heterocycles. The molecule has 9 N–H and O–H groups in total. The number of piperidine rings is 1. The lowest BCUT2D eigenvalue weighted by Gasteiger charge is -2.48. The maximum absolute atomic E-state index is 13.3. The Morgan fingerprint density at radius 2 is 1.22 bits per heavy atom. The van der Waals surface area contributed by atoms with E-state index in [2.05, 4.69) is 18.7 Å². The van der Waals surface area contributed by atoms with Gasteiger partial charge < -0.3 is 55.4 Å². The molecule has 1 unspecified atom stereocenters. The molecule has 2 aliphatic rings. The van der Waals surface area contributed by atoms with E-state index in [0.717, 1.165) is 43.4 Å². The predicted octanol–water partition coefficient (Wildman–Crippen LogP) is 0.301. The molecule has 2 heterocycles. The highest BCUT2D eigenvalue weighted by Crippen LogP contribution is 2.45. The van der Waals surface area contributed by atoms with Crippen LogP contribution in [0.5, 0.6) is 0 Å². The van der Waals surface area contributed by atoms with Gasteiger partial charge in [0.05, 0.1) is 18.6 Å². The smallest absolute Gasteiger partial charge is 0.338 e. The molecule has 0 aromatic heterocycles. The first-order valence-corrected chi connectivity index (χ1v) is 17.2. The largest absolute Gasteiger partial charge is 0.464 e. The van der Waals surface area contributed by atoms with Crippen molar-refractivity contribution in [2.75, 3.05) is 46.5 Å². The van der Waals surface area contributed by atoms with Gasteiger partial charge in [-0.25, -0.2) is 4.90 Å². The first kappa shape index (κ1) is 41.2. The highest BCUT2D eigenvalue weighted by molar-refractivity contribution is 5.72. The molecule has 272 valence electrons. The zero-order chi connectivity index (χ0) is 34.7. The van der Waals surface area contributed by atoms with Crippen LogP contribution in [0.3, 0.4) is 0 Å². The third-order valence-electron chi connectivity index (χ3n) is 10.1. The fraction of sp³-hybridized carbons (Fsp3) is 0.969. The number of methoxy groups -OCH3 is 1. The van der Waals surface area contributed by atoms with E-state index in [1.165, 1.54) is 38.5 Å². The van der Waals surface area contributed by atoms with Gasteiger partial charge in [0.1, 0.15) is 6.61 Å². The lowest BCUT2D eigenvalue weighted by molar-refractivity contribution is -0.557. The van der Waals surface area contributed by atoms with Gasteiger partial charge in [0, 0.05) is 20.2 Å². The Bertz CT molecular complexity index is 873. The fourth-order valence-corrected chi connectivity index (χ4v) is 6.78. The molecule has 0 aromatic carbocycles. The number of carbonyl (C=O) groups excluding carboxylic acids is 1. The highest BCUT2D eigenvalue weighted by Gasteiger charge is 2.73. The van der Waals surface area contributed by atoms with Crippen molar-refractivity contribution in [3.63, 3.8) is 0 Å². The number of hydrogen-bond donors (Lipinski definition) is 9. The Balaban J connectivity index is 1.98. The number of ether oxygens (including phenoxy) is 2. The molecule has 1 spiro atoms. The summed E-state index contributed by atoms with van der Waals surface area (Å²) in [4.78, 5) is 16.2. The third-order valence-corrected chi connectivity index (χ3v) is 10.1. The number of esters is 1. The van der Waals surface area contributed by atoms with E-state index in [9.17, 15) is 50.8 Å². The van der Waals surface area contributed by atoms with Crippen molar-refractivity contribution in [3.05, 3.63) is 0 Å². The molecule has 14 heteroatoms. The van der Waals surface area contributed by atoms with Crippen LogP contribution in [0.1, 0.15) is 110 Å². The van der Waals surface area contributed by atoms with Gasteiger partial charge in [-0.2, -0.15) is 0 Å². The van der Waals surface area contributed by atoms with Gasteiger partial charge in [-0.05, 0) is 50.6 Å². The summed E-state index contributed by atoms with van der Waals surface area (Å²) in [6, 6.07) is -0.188. The molecule has 0 radical (unpaired) electrons. The van der Waals surface area contributed by atoms with Gasteiger partial charge in [-0.3, -0.25) is 9.69 Å². The maximum Gasteiger partial charge on any atom is 0.338 e. The van der Waals surface area contributed by atoms with Crippen LogP contribution in [0.4, 0.5) is 0 Å². The lowest BCUT2D eigenvalue weighted by Crippen LogP contribution is -2.79. The fourth-order valence-electron chi connectivity index (χ4n) is 6.78. The molecule has 46 heavy (non-hydrogen) atoms. The monoisotopic (exact) mass is 666 g/mol. The molecule has 0 amide bonds. The Morgan fingerprint density at radius 1 is 0.717 bits per heavy atom.